The first kappa shape index (κ1) is 13.0. The minimum absolute atomic E-state index is 0.603. The van der Waals surface area contributed by atoms with Crippen molar-refractivity contribution in [3.63, 3.8) is 0 Å². The molecule has 0 aliphatic rings. The predicted molar refractivity (Wildman–Crippen MR) is 71.9 cm³/mol. The fraction of sp³-hybridized carbons (Fsp3) is 0.300. The molecule has 0 aliphatic heterocycles. The maximum Gasteiger partial charge on any atom is 0.325 e. The third kappa shape index (κ3) is 3.30. The number of carbonyl (C=O) groups is 1. The van der Waals surface area contributed by atoms with Gasteiger partial charge in [-0.15, -0.1) is 11.3 Å². The lowest BCUT2D eigenvalue weighted by Crippen LogP contribution is -2.25. The van der Waals surface area contributed by atoms with Crippen LogP contribution in [0.4, 0.5) is 5.13 Å². The summed E-state index contributed by atoms with van der Waals surface area (Å²) < 4.78 is 2.70. The van der Waals surface area contributed by atoms with E-state index in [1.807, 2.05) is 6.20 Å². The van der Waals surface area contributed by atoms with Gasteiger partial charge in [0.2, 0.25) is 0 Å². The summed E-state index contributed by atoms with van der Waals surface area (Å²) >= 11 is 4.75. The molecule has 18 heavy (non-hydrogen) atoms. The van der Waals surface area contributed by atoms with Gasteiger partial charge < -0.3 is 10.4 Å². The molecule has 0 saturated heterocycles. The van der Waals surface area contributed by atoms with Crippen LogP contribution in [0, 0.1) is 0 Å². The van der Waals surface area contributed by atoms with Gasteiger partial charge in [0.05, 0.1) is 17.2 Å². The molecule has 1 unspecified atom stereocenters. The standard InChI is InChI=1S/C10H11BrN4O2S/c1-6(9(16)17)14-10-12-3-8(18-10)5-15-4-7(11)2-13-15/h2-4,6H,5H2,1H3,(H,12,14)(H,16,17). The first-order chi connectivity index (χ1) is 8.54. The number of carboxylic acids is 1. The lowest BCUT2D eigenvalue weighted by molar-refractivity contribution is -0.137. The zero-order valence-corrected chi connectivity index (χ0v) is 11.9. The van der Waals surface area contributed by atoms with Crippen LogP contribution in [0.5, 0.6) is 0 Å². The minimum atomic E-state index is -0.900. The molecular weight excluding hydrogens is 320 g/mol. The van der Waals surface area contributed by atoms with Crippen molar-refractivity contribution >= 4 is 38.4 Å². The van der Waals surface area contributed by atoms with E-state index >= 15 is 0 Å². The summed E-state index contributed by atoms with van der Waals surface area (Å²) in [6.07, 6.45) is 5.30. The Morgan fingerprint density at radius 2 is 2.44 bits per heavy atom. The number of hydrogen-bond donors (Lipinski definition) is 2. The predicted octanol–water partition coefficient (Wildman–Crippen LogP) is 2.04. The molecule has 2 N–H and O–H groups in total. The number of thiazole rings is 1. The quantitative estimate of drug-likeness (QED) is 0.876. The molecule has 2 heterocycles. The number of aromatic nitrogens is 3. The van der Waals surface area contributed by atoms with E-state index in [0.29, 0.717) is 11.7 Å². The van der Waals surface area contributed by atoms with Gasteiger partial charge in [-0.05, 0) is 22.9 Å². The van der Waals surface area contributed by atoms with Crippen molar-refractivity contribution in [1.29, 1.82) is 0 Å². The van der Waals surface area contributed by atoms with Crippen LogP contribution < -0.4 is 5.32 Å². The number of nitrogens with one attached hydrogen (secondary N) is 1. The Morgan fingerprint density at radius 3 is 3.06 bits per heavy atom. The Morgan fingerprint density at radius 1 is 1.67 bits per heavy atom. The zero-order valence-electron chi connectivity index (χ0n) is 9.50. The second-order valence-electron chi connectivity index (χ2n) is 3.69. The van der Waals surface area contributed by atoms with Gasteiger partial charge in [0, 0.05) is 17.3 Å². The van der Waals surface area contributed by atoms with Crippen molar-refractivity contribution in [3.8, 4) is 0 Å². The van der Waals surface area contributed by atoms with Crippen molar-refractivity contribution in [2.45, 2.75) is 19.5 Å². The first-order valence-corrected chi connectivity index (χ1v) is 6.77. The molecule has 0 spiro atoms. The van der Waals surface area contributed by atoms with Gasteiger partial charge >= 0.3 is 5.97 Å². The van der Waals surface area contributed by atoms with Crippen LogP contribution in [0.2, 0.25) is 0 Å². The highest BCUT2D eigenvalue weighted by Crippen LogP contribution is 2.20. The van der Waals surface area contributed by atoms with E-state index in [2.05, 4.69) is 31.3 Å². The van der Waals surface area contributed by atoms with Crippen LogP contribution in [0.1, 0.15) is 11.8 Å². The van der Waals surface area contributed by atoms with E-state index in [0.717, 1.165) is 9.35 Å². The van der Waals surface area contributed by atoms with Crippen molar-refractivity contribution in [3.05, 3.63) is 27.9 Å². The molecule has 0 aliphatic carbocycles. The minimum Gasteiger partial charge on any atom is -0.480 e. The first-order valence-electron chi connectivity index (χ1n) is 5.16. The lowest BCUT2D eigenvalue weighted by atomic mass is 10.4. The van der Waals surface area contributed by atoms with Gasteiger partial charge in [-0.25, -0.2) is 4.98 Å². The SMILES string of the molecule is CC(Nc1ncc(Cn2cc(Br)cn2)s1)C(=O)O. The summed E-state index contributed by atoms with van der Waals surface area (Å²) in [5.41, 5.74) is 0. The number of anilines is 1. The Balaban J connectivity index is 2.00. The molecule has 0 bridgehead atoms. The van der Waals surface area contributed by atoms with Crippen LogP contribution in [0.15, 0.2) is 23.1 Å². The molecule has 96 valence electrons. The van der Waals surface area contributed by atoms with Gasteiger partial charge in [0.15, 0.2) is 5.13 Å². The van der Waals surface area contributed by atoms with Crippen molar-refractivity contribution in [2.24, 2.45) is 0 Å². The lowest BCUT2D eigenvalue weighted by Gasteiger charge is -2.06. The molecule has 2 aromatic heterocycles. The molecule has 0 amide bonds. The number of aliphatic carboxylic acids is 1. The summed E-state index contributed by atoms with van der Waals surface area (Å²) in [6.45, 7) is 2.19. The number of nitrogens with zero attached hydrogens (tertiary/aromatic N) is 3. The number of carboxylic acid groups (broad SMARTS) is 1. The van der Waals surface area contributed by atoms with E-state index in [9.17, 15) is 4.79 Å². The van der Waals surface area contributed by atoms with Gasteiger partial charge in [0.1, 0.15) is 6.04 Å². The smallest absolute Gasteiger partial charge is 0.325 e. The summed E-state index contributed by atoms with van der Waals surface area (Å²) in [5.74, 6) is -0.900. The third-order valence-electron chi connectivity index (χ3n) is 2.18. The van der Waals surface area contributed by atoms with Gasteiger partial charge in [0.25, 0.3) is 0 Å². The average Bonchev–Trinajstić information content (AvgIpc) is 2.89. The Bertz CT molecular complexity index is 554. The molecule has 1 atom stereocenters. The number of halogens is 1. The van der Waals surface area contributed by atoms with E-state index in [1.54, 1.807) is 24.0 Å². The van der Waals surface area contributed by atoms with Crippen LogP contribution >= 0.6 is 27.3 Å². The maximum atomic E-state index is 10.7. The maximum absolute atomic E-state index is 10.7. The largest absolute Gasteiger partial charge is 0.480 e. The fourth-order valence-corrected chi connectivity index (χ4v) is 2.50. The normalized spacial score (nSPS) is 12.3. The molecule has 8 heteroatoms. The average molecular weight is 331 g/mol. The molecule has 6 nitrogen and oxygen atoms in total. The molecule has 0 aromatic carbocycles. The molecular formula is C10H11BrN4O2S. The highest BCUT2D eigenvalue weighted by atomic mass is 79.9. The number of hydrogen-bond acceptors (Lipinski definition) is 5. The summed E-state index contributed by atoms with van der Waals surface area (Å²) in [4.78, 5) is 15.8. The van der Waals surface area contributed by atoms with Gasteiger partial charge in [-0.1, -0.05) is 0 Å². The monoisotopic (exact) mass is 330 g/mol. The molecule has 2 aromatic rings. The zero-order chi connectivity index (χ0) is 13.1. The van der Waals surface area contributed by atoms with Crippen molar-refractivity contribution in [1.82, 2.24) is 14.8 Å². The summed E-state index contributed by atoms with van der Waals surface area (Å²) in [6, 6.07) is -0.650. The fourth-order valence-electron chi connectivity index (χ4n) is 1.28. The van der Waals surface area contributed by atoms with Crippen LogP contribution in [-0.4, -0.2) is 31.9 Å². The Hall–Kier alpha value is -1.41. The molecule has 0 fully saturated rings. The van der Waals surface area contributed by atoms with E-state index < -0.39 is 12.0 Å². The molecule has 2 rings (SSSR count). The summed E-state index contributed by atoms with van der Waals surface area (Å²) in [5, 5.41) is 16.4. The second kappa shape index (κ2) is 5.49. The second-order valence-corrected chi connectivity index (χ2v) is 5.72. The van der Waals surface area contributed by atoms with Gasteiger partial charge in [-0.2, -0.15) is 5.10 Å². The van der Waals surface area contributed by atoms with Crippen molar-refractivity contribution < 1.29 is 9.90 Å². The van der Waals surface area contributed by atoms with E-state index in [-0.39, 0.29) is 0 Å². The van der Waals surface area contributed by atoms with E-state index in [1.165, 1.54) is 11.3 Å². The molecule has 0 saturated carbocycles. The van der Waals surface area contributed by atoms with Crippen LogP contribution in [0.3, 0.4) is 0 Å². The Labute approximate surface area is 116 Å². The van der Waals surface area contributed by atoms with Crippen molar-refractivity contribution in [2.75, 3.05) is 5.32 Å². The van der Waals surface area contributed by atoms with Crippen LogP contribution in [-0.2, 0) is 11.3 Å². The third-order valence-corrected chi connectivity index (χ3v) is 3.51. The highest BCUT2D eigenvalue weighted by Gasteiger charge is 2.12. The number of rotatable bonds is 5. The van der Waals surface area contributed by atoms with Gasteiger partial charge in [-0.3, -0.25) is 9.48 Å². The topological polar surface area (TPSA) is 80.0 Å². The Kier molecular flexibility index (Phi) is 3.97. The highest BCUT2D eigenvalue weighted by molar-refractivity contribution is 9.10. The molecule has 0 radical (unpaired) electrons. The van der Waals surface area contributed by atoms with Crippen LogP contribution in [0.25, 0.3) is 0 Å². The summed E-state index contributed by atoms with van der Waals surface area (Å²) in [7, 11) is 0. The van der Waals surface area contributed by atoms with E-state index in [4.69, 9.17) is 5.11 Å².